The fourth-order valence-electron chi connectivity index (χ4n) is 5.32. The zero-order valence-electron chi connectivity index (χ0n) is 27.7. The van der Waals surface area contributed by atoms with E-state index >= 15 is 0 Å². The number of rotatable bonds is 9. The first-order chi connectivity index (χ1) is 22.6. The normalized spacial score (nSPS) is 20.9. The van der Waals surface area contributed by atoms with Crippen molar-refractivity contribution in [1.29, 1.82) is 0 Å². The van der Waals surface area contributed by atoms with Gasteiger partial charge in [0.2, 0.25) is 10.0 Å². The van der Waals surface area contributed by atoms with Gasteiger partial charge in [0.05, 0.1) is 41.6 Å². The Morgan fingerprint density at radius 1 is 1.12 bits per heavy atom. The van der Waals surface area contributed by atoms with Gasteiger partial charge in [-0.3, -0.25) is 9.52 Å². The van der Waals surface area contributed by atoms with E-state index in [0.717, 1.165) is 22.9 Å². The van der Waals surface area contributed by atoms with Gasteiger partial charge in [-0.1, -0.05) is 6.92 Å². The number of likely N-dealkylation sites (N-methyl/N-ethyl adjacent to an activating group) is 1. The number of benzene rings is 2. The van der Waals surface area contributed by atoms with Crippen LogP contribution in [-0.2, 0) is 31.8 Å². The van der Waals surface area contributed by atoms with Crippen molar-refractivity contribution >= 4 is 31.6 Å². The molecule has 0 saturated carbocycles. The third kappa shape index (κ3) is 9.11. The molecule has 0 fully saturated rings. The van der Waals surface area contributed by atoms with Gasteiger partial charge in [-0.05, 0) is 75.6 Å². The van der Waals surface area contributed by atoms with Gasteiger partial charge in [0.15, 0.2) is 5.03 Å². The summed E-state index contributed by atoms with van der Waals surface area (Å²) < 4.78 is 83.8. The molecule has 0 bridgehead atoms. The van der Waals surface area contributed by atoms with Crippen molar-refractivity contribution in [2.45, 2.75) is 68.2 Å². The lowest BCUT2D eigenvalue weighted by Crippen LogP contribution is -2.48. The molecule has 0 saturated heterocycles. The second kappa shape index (κ2) is 15.8. The van der Waals surface area contributed by atoms with Crippen LogP contribution in [0.5, 0.6) is 5.75 Å². The quantitative estimate of drug-likeness (QED) is 0.339. The molecule has 0 radical (unpaired) electrons. The highest BCUT2D eigenvalue weighted by molar-refractivity contribution is 7.92. The van der Waals surface area contributed by atoms with Crippen LogP contribution in [0.3, 0.4) is 0 Å². The lowest BCUT2D eigenvalue weighted by atomic mass is 10.0. The number of imidazole rings is 1. The number of fused-ring (bicyclic) bond motifs is 1. The van der Waals surface area contributed by atoms with Gasteiger partial charge in [0.25, 0.3) is 15.9 Å². The first kappa shape index (κ1) is 37.3. The standard InChI is InChI=1S/C32H44FN5O8S2/c1-22-17-38(23(2)20-39)32(40)28-16-26(35-47(41,42)31-19-36(4)21-34-31)11-14-29(28)46-24(3)8-6-7-15-45-30(22)18-37(5)48(43,44)27-12-9-25(33)10-13-27/h9-14,16,19,21-24,30,35,39H,6-8,15,17-18,20H2,1-5H3/t22-,23-,24+,30+/m0/s1. The molecule has 1 aromatic heterocycles. The molecule has 0 unspecified atom stereocenters. The minimum Gasteiger partial charge on any atom is -0.490 e. The highest BCUT2D eigenvalue weighted by Crippen LogP contribution is 2.29. The number of hydrogen-bond donors (Lipinski definition) is 2. The number of sulfonamides is 2. The molecule has 2 aromatic carbocycles. The molecule has 0 aliphatic carbocycles. The zero-order chi connectivity index (χ0) is 35.2. The molecule has 4 atom stereocenters. The van der Waals surface area contributed by atoms with E-state index in [1.165, 1.54) is 59.4 Å². The molecule has 2 heterocycles. The zero-order valence-corrected chi connectivity index (χ0v) is 29.4. The van der Waals surface area contributed by atoms with Gasteiger partial charge < -0.3 is 24.0 Å². The van der Waals surface area contributed by atoms with Gasteiger partial charge in [-0.25, -0.2) is 17.8 Å². The summed E-state index contributed by atoms with van der Waals surface area (Å²) in [7, 11) is -4.99. The first-order valence-electron chi connectivity index (χ1n) is 15.7. The van der Waals surface area contributed by atoms with Crippen LogP contribution in [0.1, 0.15) is 50.4 Å². The predicted molar refractivity (Wildman–Crippen MR) is 177 cm³/mol. The van der Waals surface area contributed by atoms with Gasteiger partial charge in [0, 0.05) is 51.6 Å². The van der Waals surface area contributed by atoms with E-state index in [-0.39, 0.29) is 52.7 Å². The van der Waals surface area contributed by atoms with Crippen molar-refractivity contribution in [3.8, 4) is 5.75 Å². The van der Waals surface area contributed by atoms with Crippen LogP contribution in [0.25, 0.3) is 0 Å². The molecule has 2 N–H and O–H groups in total. The summed E-state index contributed by atoms with van der Waals surface area (Å²) in [6.07, 6.45) is 3.78. The summed E-state index contributed by atoms with van der Waals surface area (Å²) in [5.74, 6) is -1.24. The van der Waals surface area contributed by atoms with Gasteiger partial charge in [-0.15, -0.1) is 0 Å². The average Bonchev–Trinajstić information content (AvgIpc) is 3.49. The van der Waals surface area contributed by atoms with Crippen molar-refractivity contribution in [2.75, 3.05) is 38.1 Å². The largest absolute Gasteiger partial charge is 0.490 e. The molecule has 48 heavy (non-hydrogen) atoms. The molecule has 4 rings (SSSR count). The Morgan fingerprint density at radius 2 is 1.83 bits per heavy atom. The molecule has 3 aromatic rings. The predicted octanol–water partition coefficient (Wildman–Crippen LogP) is 3.48. The Kier molecular flexibility index (Phi) is 12.2. The van der Waals surface area contributed by atoms with Crippen LogP contribution < -0.4 is 9.46 Å². The van der Waals surface area contributed by atoms with Crippen LogP contribution in [0, 0.1) is 11.7 Å². The lowest BCUT2D eigenvalue weighted by Gasteiger charge is -2.35. The number of nitrogens with zero attached hydrogens (tertiary/aromatic N) is 4. The van der Waals surface area contributed by atoms with Crippen molar-refractivity contribution < 1.29 is 40.6 Å². The monoisotopic (exact) mass is 709 g/mol. The van der Waals surface area contributed by atoms with E-state index in [2.05, 4.69) is 9.71 Å². The van der Waals surface area contributed by atoms with E-state index in [1.807, 2.05) is 13.8 Å². The molecule has 1 aliphatic heterocycles. The number of aromatic nitrogens is 2. The maximum atomic E-state index is 14.3. The number of amides is 1. The Hall–Kier alpha value is -3.57. The smallest absolute Gasteiger partial charge is 0.280 e. The second-order valence-electron chi connectivity index (χ2n) is 12.2. The minimum atomic E-state index is -4.07. The SMILES string of the molecule is C[C@@H]1CCCCO[C@H](CN(C)S(=O)(=O)c2ccc(F)cc2)[C@@H](C)CN([C@@H](C)CO)C(=O)c2cc(NS(=O)(=O)c3cn(C)cn3)ccc2O1. The number of aliphatic hydroxyl groups excluding tert-OH is 1. The topological polar surface area (TPSA) is 160 Å². The number of hydrogen-bond acceptors (Lipinski definition) is 9. The number of aliphatic hydroxyl groups is 1. The first-order valence-corrected chi connectivity index (χ1v) is 18.6. The third-order valence-corrected chi connectivity index (χ3v) is 11.3. The summed E-state index contributed by atoms with van der Waals surface area (Å²) in [6, 6.07) is 8.34. The Morgan fingerprint density at radius 3 is 2.48 bits per heavy atom. The second-order valence-corrected chi connectivity index (χ2v) is 15.9. The summed E-state index contributed by atoms with van der Waals surface area (Å²) >= 11 is 0. The van der Waals surface area contributed by atoms with E-state index < -0.39 is 49.8 Å². The fourth-order valence-corrected chi connectivity index (χ4v) is 7.54. The number of aryl methyl sites for hydroxylation is 1. The Bertz CT molecular complexity index is 1770. The molecular weight excluding hydrogens is 666 g/mol. The van der Waals surface area contributed by atoms with Gasteiger partial charge in [-0.2, -0.15) is 12.7 Å². The van der Waals surface area contributed by atoms with Crippen LogP contribution >= 0.6 is 0 Å². The Labute approximate surface area is 281 Å². The average molecular weight is 710 g/mol. The number of ether oxygens (including phenoxy) is 2. The number of anilines is 1. The Balaban J connectivity index is 1.67. The van der Waals surface area contributed by atoms with Crippen LogP contribution in [0.4, 0.5) is 10.1 Å². The highest BCUT2D eigenvalue weighted by Gasteiger charge is 2.33. The van der Waals surface area contributed by atoms with Crippen LogP contribution in [0.15, 0.2) is 64.9 Å². The van der Waals surface area contributed by atoms with Crippen molar-refractivity contribution in [2.24, 2.45) is 13.0 Å². The number of carbonyl (C=O) groups excluding carboxylic acids is 1. The van der Waals surface area contributed by atoms with Crippen molar-refractivity contribution in [3.05, 3.63) is 66.4 Å². The van der Waals surface area contributed by atoms with Crippen molar-refractivity contribution in [1.82, 2.24) is 18.8 Å². The molecule has 1 amide bonds. The van der Waals surface area contributed by atoms with Gasteiger partial charge in [0.1, 0.15) is 11.6 Å². The highest BCUT2D eigenvalue weighted by atomic mass is 32.2. The van der Waals surface area contributed by atoms with E-state index in [0.29, 0.717) is 19.4 Å². The number of carbonyl (C=O) groups is 1. The third-order valence-electron chi connectivity index (χ3n) is 8.22. The molecule has 13 nitrogen and oxygen atoms in total. The molecule has 1 aliphatic rings. The van der Waals surface area contributed by atoms with Crippen molar-refractivity contribution in [3.63, 3.8) is 0 Å². The maximum absolute atomic E-state index is 14.3. The maximum Gasteiger partial charge on any atom is 0.280 e. The molecule has 16 heteroatoms. The minimum absolute atomic E-state index is 0.0496. The summed E-state index contributed by atoms with van der Waals surface area (Å²) in [6.45, 7) is 5.35. The summed E-state index contributed by atoms with van der Waals surface area (Å²) in [4.78, 5) is 19.6. The van der Waals surface area contributed by atoms with Gasteiger partial charge >= 0.3 is 0 Å². The molecule has 264 valence electrons. The molecular formula is C32H44FN5O8S2. The molecule has 0 spiro atoms. The summed E-state index contributed by atoms with van der Waals surface area (Å²) in [5.41, 5.74) is 0.199. The fraction of sp³-hybridized carbons (Fsp3) is 0.500. The lowest BCUT2D eigenvalue weighted by molar-refractivity contribution is -0.00834. The van der Waals surface area contributed by atoms with Crippen LogP contribution in [-0.4, -0.2) is 98.2 Å². The van der Waals surface area contributed by atoms with E-state index in [1.54, 1.807) is 14.0 Å². The van der Waals surface area contributed by atoms with E-state index in [4.69, 9.17) is 9.47 Å². The number of nitrogens with one attached hydrogen (secondary N) is 1. The number of halogens is 1. The summed E-state index contributed by atoms with van der Waals surface area (Å²) in [5, 5.41) is 9.99. The van der Waals surface area contributed by atoms with Crippen LogP contribution in [0.2, 0.25) is 0 Å². The van der Waals surface area contributed by atoms with E-state index in [9.17, 15) is 31.1 Å².